The molecule has 4 nitrogen and oxygen atoms in total. The summed E-state index contributed by atoms with van der Waals surface area (Å²) < 4.78 is 27.6. The van der Waals surface area contributed by atoms with Gasteiger partial charge in [0.1, 0.15) is 0 Å². The molecule has 0 aliphatic carbocycles. The maximum atomic E-state index is 11.3. The average molecular weight is 218 g/mol. The van der Waals surface area contributed by atoms with Crippen LogP contribution in [0.15, 0.2) is 0 Å². The first kappa shape index (κ1) is 13.4. The monoisotopic (exact) mass is 218 g/mol. The second-order valence-electron chi connectivity index (χ2n) is 3.93. The third kappa shape index (κ3) is 8.05. The van der Waals surface area contributed by atoms with Gasteiger partial charge in [0.2, 0.25) is 0 Å². The van der Waals surface area contributed by atoms with Crippen LogP contribution in [-0.4, -0.2) is 20.5 Å². The smallest absolute Gasteiger partial charge is 0.201 e. The first-order chi connectivity index (χ1) is 6.27. The maximum absolute atomic E-state index is 11.3. The molecule has 0 radical (unpaired) electrons. The maximum Gasteiger partial charge on any atom is 0.277 e. The van der Waals surface area contributed by atoms with Crippen molar-refractivity contribution in [1.29, 1.82) is 0 Å². The lowest BCUT2D eigenvalue weighted by Crippen LogP contribution is -2.47. The quantitative estimate of drug-likeness (QED) is 0.537. The van der Waals surface area contributed by atoms with Crippen molar-refractivity contribution in [3.8, 4) is 11.8 Å². The molecule has 0 aliphatic rings. The topological polar surface area (TPSA) is 58.2 Å². The van der Waals surface area contributed by atoms with Gasteiger partial charge in [-0.1, -0.05) is 0 Å². The SMILES string of the molecule is CC#CCCNS(=O)(=O)NC(C)(C)C. The lowest BCUT2D eigenvalue weighted by molar-refractivity contribution is 0.484. The van der Waals surface area contributed by atoms with Crippen LogP contribution in [0.5, 0.6) is 0 Å². The van der Waals surface area contributed by atoms with Crippen molar-refractivity contribution >= 4 is 10.2 Å². The summed E-state index contributed by atoms with van der Waals surface area (Å²) in [6.07, 6.45) is 0.529. The highest BCUT2D eigenvalue weighted by Gasteiger charge is 2.18. The van der Waals surface area contributed by atoms with E-state index in [1.165, 1.54) is 0 Å². The van der Waals surface area contributed by atoms with Crippen molar-refractivity contribution in [2.75, 3.05) is 6.54 Å². The van der Waals surface area contributed by atoms with Gasteiger partial charge in [-0.3, -0.25) is 0 Å². The first-order valence-electron chi connectivity index (χ1n) is 4.45. The fourth-order valence-electron chi connectivity index (χ4n) is 0.812. The van der Waals surface area contributed by atoms with E-state index in [9.17, 15) is 8.42 Å². The summed E-state index contributed by atoms with van der Waals surface area (Å²) >= 11 is 0. The van der Waals surface area contributed by atoms with Crippen LogP contribution < -0.4 is 9.44 Å². The zero-order valence-electron chi connectivity index (χ0n) is 9.14. The summed E-state index contributed by atoms with van der Waals surface area (Å²) in [6.45, 7) is 7.43. The Morgan fingerprint density at radius 3 is 2.29 bits per heavy atom. The van der Waals surface area contributed by atoms with E-state index >= 15 is 0 Å². The highest BCUT2D eigenvalue weighted by Crippen LogP contribution is 2.00. The van der Waals surface area contributed by atoms with Crippen LogP contribution >= 0.6 is 0 Å². The fraction of sp³-hybridized carbons (Fsp3) is 0.778. The third-order valence-electron chi connectivity index (χ3n) is 1.16. The van der Waals surface area contributed by atoms with Crippen LogP contribution in [0.1, 0.15) is 34.1 Å². The lowest BCUT2D eigenvalue weighted by atomic mass is 10.1. The molecule has 0 aromatic heterocycles. The van der Waals surface area contributed by atoms with Crippen LogP contribution in [0.3, 0.4) is 0 Å². The van der Waals surface area contributed by atoms with E-state index in [4.69, 9.17) is 0 Å². The van der Waals surface area contributed by atoms with Crippen molar-refractivity contribution in [1.82, 2.24) is 9.44 Å². The predicted octanol–water partition coefficient (Wildman–Crippen LogP) is 0.622. The molecule has 0 unspecified atom stereocenters. The van der Waals surface area contributed by atoms with Gasteiger partial charge in [0.15, 0.2) is 0 Å². The van der Waals surface area contributed by atoms with Crippen LogP contribution in [0.4, 0.5) is 0 Å². The Balaban J connectivity index is 4.02. The standard InChI is InChI=1S/C9H18N2O2S/c1-5-6-7-8-10-14(12,13)11-9(2,3)4/h10-11H,7-8H2,1-4H3. The minimum atomic E-state index is -3.39. The molecular formula is C9H18N2O2S. The highest BCUT2D eigenvalue weighted by molar-refractivity contribution is 7.87. The van der Waals surface area contributed by atoms with Gasteiger partial charge >= 0.3 is 0 Å². The number of hydrogen-bond donors (Lipinski definition) is 2. The van der Waals surface area contributed by atoms with Gasteiger partial charge in [-0.05, 0) is 27.7 Å². The normalized spacial score (nSPS) is 12.0. The largest absolute Gasteiger partial charge is 0.277 e. The molecule has 0 saturated carbocycles. The molecule has 0 saturated heterocycles. The molecule has 14 heavy (non-hydrogen) atoms. The summed E-state index contributed by atoms with van der Waals surface area (Å²) in [7, 11) is -3.39. The first-order valence-corrected chi connectivity index (χ1v) is 5.93. The highest BCUT2D eigenvalue weighted by atomic mass is 32.2. The van der Waals surface area contributed by atoms with E-state index in [1.54, 1.807) is 27.7 Å². The fourth-order valence-corrected chi connectivity index (χ4v) is 2.06. The molecule has 0 bridgehead atoms. The summed E-state index contributed by atoms with van der Waals surface area (Å²) in [4.78, 5) is 0. The van der Waals surface area contributed by atoms with Crippen LogP contribution in [-0.2, 0) is 10.2 Å². The Hall–Kier alpha value is -0.570. The van der Waals surface area contributed by atoms with Crippen LogP contribution in [0.2, 0.25) is 0 Å². The van der Waals surface area contributed by atoms with E-state index in [0.717, 1.165) is 0 Å². The van der Waals surface area contributed by atoms with Crippen LogP contribution in [0.25, 0.3) is 0 Å². The van der Waals surface area contributed by atoms with E-state index < -0.39 is 15.7 Å². The van der Waals surface area contributed by atoms with Gasteiger partial charge in [0.25, 0.3) is 10.2 Å². The molecule has 0 fully saturated rings. The Kier molecular flexibility index (Phi) is 5.13. The van der Waals surface area contributed by atoms with Crippen molar-refractivity contribution in [2.45, 2.75) is 39.7 Å². The van der Waals surface area contributed by atoms with Gasteiger partial charge in [0.05, 0.1) is 0 Å². The molecule has 2 N–H and O–H groups in total. The molecule has 0 rings (SSSR count). The average Bonchev–Trinajstić information content (AvgIpc) is 1.93. The van der Waals surface area contributed by atoms with Crippen LogP contribution in [0, 0.1) is 11.8 Å². The van der Waals surface area contributed by atoms with E-state index in [1.807, 2.05) is 0 Å². The number of hydrogen-bond acceptors (Lipinski definition) is 2. The van der Waals surface area contributed by atoms with Gasteiger partial charge in [-0.2, -0.15) is 13.1 Å². The lowest BCUT2D eigenvalue weighted by Gasteiger charge is -2.20. The molecule has 82 valence electrons. The van der Waals surface area contributed by atoms with Crippen molar-refractivity contribution in [3.63, 3.8) is 0 Å². The molecule has 0 spiro atoms. The van der Waals surface area contributed by atoms with Gasteiger partial charge < -0.3 is 0 Å². The molecule has 0 heterocycles. The Bertz CT molecular complexity index is 317. The summed E-state index contributed by atoms with van der Waals surface area (Å²) in [5, 5.41) is 0. The zero-order valence-corrected chi connectivity index (χ0v) is 9.96. The Labute approximate surface area is 86.7 Å². The number of nitrogens with one attached hydrogen (secondary N) is 2. The van der Waals surface area contributed by atoms with E-state index in [-0.39, 0.29) is 0 Å². The number of rotatable bonds is 4. The molecule has 0 amide bonds. The molecule has 0 aromatic rings. The molecule has 0 atom stereocenters. The van der Waals surface area contributed by atoms with Crippen molar-refractivity contribution in [3.05, 3.63) is 0 Å². The summed E-state index contributed by atoms with van der Waals surface area (Å²) in [6, 6.07) is 0. The van der Waals surface area contributed by atoms with Crippen molar-refractivity contribution < 1.29 is 8.42 Å². The predicted molar refractivity (Wildman–Crippen MR) is 57.9 cm³/mol. The second-order valence-corrected chi connectivity index (χ2v) is 5.43. The van der Waals surface area contributed by atoms with Gasteiger partial charge in [0, 0.05) is 18.5 Å². The third-order valence-corrected chi connectivity index (χ3v) is 2.62. The van der Waals surface area contributed by atoms with E-state index in [2.05, 4.69) is 21.3 Å². The second kappa shape index (κ2) is 5.35. The zero-order chi connectivity index (χ0) is 11.2. The minimum Gasteiger partial charge on any atom is -0.201 e. The van der Waals surface area contributed by atoms with Gasteiger partial charge in [-0.15, -0.1) is 11.8 Å². The Morgan fingerprint density at radius 2 is 1.86 bits per heavy atom. The summed E-state index contributed by atoms with van der Waals surface area (Å²) in [5.41, 5.74) is -0.456. The molecule has 0 aromatic carbocycles. The Morgan fingerprint density at radius 1 is 1.29 bits per heavy atom. The summed E-state index contributed by atoms with van der Waals surface area (Å²) in [5.74, 6) is 5.48. The molecule has 5 heteroatoms. The molecular weight excluding hydrogens is 200 g/mol. The van der Waals surface area contributed by atoms with Crippen molar-refractivity contribution in [2.24, 2.45) is 0 Å². The minimum absolute atomic E-state index is 0.340. The van der Waals surface area contributed by atoms with Gasteiger partial charge in [-0.25, -0.2) is 4.72 Å². The van der Waals surface area contributed by atoms with E-state index in [0.29, 0.717) is 13.0 Å². The molecule has 0 aliphatic heterocycles.